The van der Waals surface area contributed by atoms with Crippen molar-refractivity contribution in [3.63, 3.8) is 0 Å². The van der Waals surface area contributed by atoms with E-state index in [2.05, 4.69) is 71.7 Å². The molecule has 0 bridgehead atoms. The number of aromatic amines is 1. The van der Waals surface area contributed by atoms with Gasteiger partial charge in [0.1, 0.15) is 0 Å². The number of para-hydroxylation sites is 1. The number of aromatic nitrogens is 1. The Labute approximate surface area is 142 Å². The maximum absolute atomic E-state index is 5.68. The molecule has 0 aliphatic carbocycles. The van der Waals surface area contributed by atoms with Gasteiger partial charge in [0.15, 0.2) is 0 Å². The van der Waals surface area contributed by atoms with Crippen LogP contribution in [0.4, 0.5) is 0 Å². The van der Waals surface area contributed by atoms with Gasteiger partial charge in [-0.3, -0.25) is 0 Å². The number of benzene rings is 3. The molecule has 0 aliphatic heterocycles. The van der Waals surface area contributed by atoms with E-state index in [-0.39, 0.29) is 0 Å². The van der Waals surface area contributed by atoms with E-state index in [0.717, 1.165) is 25.8 Å². The van der Waals surface area contributed by atoms with Crippen LogP contribution in [0.15, 0.2) is 66.7 Å². The second kappa shape index (κ2) is 6.50. The van der Waals surface area contributed by atoms with E-state index < -0.39 is 0 Å². The topological polar surface area (TPSA) is 41.8 Å². The third kappa shape index (κ3) is 2.70. The third-order valence-corrected chi connectivity index (χ3v) is 4.73. The van der Waals surface area contributed by atoms with Crippen LogP contribution in [0.3, 0.4) is 0 Å². The predicted molar refractivity (Wildman–Crippen MR) is 103 cm³/mol. The van der Waals surface area contributed by atoms with Crippen LogP contribution in [0.25, 0.3) is 32.9 Å². The van der Waals surface area contributed by atoms with E-state index in [0.29, 0.717) is 0 Å². The Morgan fingerprint density at radius 1 is 0.792 bits per heavy atom. The highest BCUT2D eigenvalue weighted by Crippen LogP contribution is 2.33. The Morgan fingerprint density at radius 2 is 1.58 bits per heavy atom. The number of nitrogens with two attached hydrogens (primary N) is 1. The summed E-state index contributed by atoms with van der Waals surface area (Å²) in [5.74, 6) is 0. The van der Waals surface area contributed by atoms with Gasteiger partial charge in [-0.05, 0) is 59.8 Å². The molecule has 1 aromatic heterocycles. The van der Waals surface area contributed by atoms with Crippen molar-refractivity contribution in [3.8, 4) is 11.3 Å². The standard InChI is InChI=1S/C22H22N2/c23-14-6-5-10-20-19-9-3-4-11-21(19)24-22(20)18-13-12-16-7-1-2-8-17(16)15-18/h1-4,7-9,11-13,15,24H,5-6,10,14,23H2. The van der Waals surface area contributed by atoms with Gasteiger partial charge >= 0.3 is 0 Å². The number of hydrogen-bond acceptors (Lipinski definition) is 1. The van der Waals surface area contributed by atoms with Crippen LogP contribution in [0, 0.1) is 0 Å². The molecule has 4 rings (SSSR count). The van der Waals surface area contributed by atoms with Gasteiger partial charge in [-0.25, -0.2) is 0 Å². The highest BCUT2D eigenvalue weighted by atomic mass is 14.7. The molecule has 0 unspecified atom stereocenters. The molecule has 2 nitrogen and oxygen atoms in total. The predicted octanol–water partition coefficient (Wildman–Crippen LogP) is 5.27. The van der Waals surface area contributed by atoms with Crippen LogP contribution in [0.2, 0.25) is 0 Å². The first-order valence-corrected chi connectivity index (χ1v) is 8.65. The maximum atomic E-state index is 5.68. The quantitative estimate of drug-likeness (QED) is 0.484. The molecule has 0 amide bonds. The first-order valence-electron chi connectivity index (χ1n) is 8.65. The molecule has 24 heavy (non-hydrogen) atoms. The number of aryl methyl sites for hydroxylation is 1. The molecular formula is C22H22N2. The van der Waals surface area contributed by atoms with Gasteiger partial charge in [0.2, 0.25) is 0 Å². The lowest BCUT2D eigenvalue weighted by Crippen LogP contribution is -1.99. The summed E-state index contributed by atoms with van der Waals surface area (Å²) in [7, 11) is 0. The minimum Gasteiger partial charge on any atom is -0.354 e. The van der Waals surface area contributed by atoms with E-state index in [1.807, 2.05) is 0 Å². The highest BCUT2D eigenvalue weighted by molar-refractivity contribution is 5.93. The van der Waals surface area contributed by atoms with Crippen LogP contribution in [-0.2, 0) is 6.42 Å². The van der Waals surface area contributed by atoms with Crippen molar-refractivity contribution < 1.29 is 0 Å². The minimum atomic E-state index is 0.758. The van der Waals surface area contributed by atoms with E-state index in [1.165, 1.54) is 38.5 Å². The van der Waals surface area contributed by atoms with Crippen molar-refractivity contribution in [2.75, 3.05) is 6.54 Å². The van der Waals surface area contributed by atoms with Gasteiger partial charge in [0, 0.05) is 16.6 Å². The molecular weight excluding hydrogens is 292 g/mol. The largest absolute Gasteiger partial charge is 0.354 e. The van der Waals surface area contributed by atoms with Crippen molar-refractivity contribution in [3.05, 3.63) is 72.3 Å². The average Bonchev–Trinajstić information content (AvgIpc) is 3.00. The maximum Gasteiger partial charge on any atom is 0.0497 e. The minimum absolute atomic E-state index is 0.758. The lowest BCUT2D eigenvalue weighted by molar-refractivity contribution is 0.748. The summed E-state index contributed by atoms with van der Waals surface area (Å²) in [6, 6.07) is 23.8. The van der Waals surface area contributed by atoms with Crippen molar-refractivity contribution in [1.82, 2.24) is 4.98 Å². The molecule has 2 heteroatoms. The van der Waals surface area contributed by atoms with Crippen LogP contribution < -0.4 is 5.73 Å². The second-order valence-corrected chi connectivity index (χ2v) is 6.33. The van der Waals surface area contributed by atoms with Crippen LogP contribution in [0.5, 0.6) is 0 Å². The third-order valence-electron chi connectivity index (χ3n) is 4.73. The Hall–Kier alpha value is -2.58. The number of H-pyrrole nitrogens is 1. The molecule has 3 N–H and O–H groups in total. The van der Waals surface area contributed by atoms with Gasteiger partial charge in [-0.15, -0.1) is 0 Å². The molecule has 3 aromatic carbocycles. The number of unbranched alkanes of at least 4 members (excludes halogenated alkanes) is 1. The number of hydrogen-bond donors (Lipinski definition) is 2. The molecule has 0 fully saturated rings. The lowest BCUT2D eigenvalue weighted by atomic mass is 9.98. The van der Waals surface area contributed by atoms with Crippen LogP contribution in [-0.4, -0.2) is 11.5 Å². The number of rotatable bonds is 5. The lowest BCUT2D eigenvalue weighted by Gasteiger charge is -2.07. The molecule has 0 spiro atoms. The molecule has 0 atom stereocenters. The molecule has 120 valence electrons. The molecule has 0 saturated carbocycles. The molecule has 4 aromatic rings. The summed E-state index contributed by atoms with van der Waals surface area (Å²) in [5.41, 5.74) is 10.8. The molecule has 1 heterocycles. The fourth-order valence-electron chi connectivity index (χ4n) is 3.50. The number of fused-ring (bicyclic) bond motifs is 2. The zero-order valence-electron chi connectivity index (χ0n) is 13.8. The Balaban J connectivity index is 1.85. The van der Waals surface area contributed by atoms with Gasteiger partial charge in [0.25, 0.3) is 0 Å². The summed E-state index contributed by atoms with van der Waals surface area (Å²) in [6.07, 6.45) is 3.25. The van der Waals surface area contributed by atoms with Crippen molar-refractivity contribution >= 4 is 21.7 Å². The first-order chi connectivity index (χ1) is 11.9. The fourth-order valence-corrected chi connectivity index (χ4v) is 3.50. The Kier molecular flexibility index (Phi) is 4.06. The Morgan fingerprint density at radius 3 is 2.46 bits per heavy atom. The summed E-state index contributed by atoms with van der Waals surface area (Å²) in [6.45, 7) is 0.758. The van der Waals surface area contributed by atoms with E-state index in [9.17, 15) is 0 Å². The van der Waals surface area contributed by atoms with Crippen LogP contribution in [0.1, 0.15) is 18.4 Å². The fraction of sp³-hybridized carbons (Fsp3) is 0.182. The van der Waals surface area contributed by atoms with E-state index in [1.54, 1.807) is 0 Å². The van der Waals surface area contributed by atoms with Crippen molar-refractivity contribution in [2.24, 2.45) is 5.73 Å². The average molecular weight is 314 g/mol. The summed E-state index contributed by atoms with van der Waals surface area (Å²) in [5, 5.41) is 3.89. The summed E-state index contributed by atoms with van der Waals surface area (Å²) in [4.78, 5) is 3.64. The van der Waals surface area contributed by atoms with Gasteiger partial charge in [0.05, 0.1) is 0 Å². The van der Waals surface area contributed by atoms with Gasteiger partial charge in [-0.2, -0.15) is 0 Å². The Bertz CT molecular complexity index is 982. The van der Waals surface area contributed by atoms with E-state index >= 15 is 0 Å². The van der Waals surface area contributed by atoms with Crippen molar-refractivity contribution in [1.29, 1.82) is 0 Å². The zero-order chi connectivity index (χ0) is 16.4. The first kappa shape index (κ1) is 15.0. The second-order valence-electron chi connectivity index (χ2n) is 6.33. The van der Waals surface area contributed by atoms with Crippen LogP contribution >= 0.6 is 0 Å². The zero-order valence-corrected chi connectivity index (χ0v) is 13.8. The summed E-state index contributed by atoms with van der Waals surface area (Å²) >= 11 is 0. The highest BCUT2D eigenvalue weighted by Gasteiger charge is 2.13. The van der Waals surface area contributed by atoms with Gasteiger partial charge in [-0.1, -0.05) is 54.6 Å². The monoisotopic (exact) mass is 314 g/mol. The molecule has 0 aliphatic rings. The molecule has 0 saturated heterocycles. The normalized spacial score (nSPS) is 11.4. The smallest absolute Gasteiger partial charge is 0.0497 e. The summed E-state index contributed by atoms with van der Waals surface area (Å²) < 4.78 is 0. The number of nitrogens with one attached hydrogen (secondary N) is 1. The SMILES string of the molecule is NCCCCc1c(-c2ccc3ccccc3c2)[nH]c2ccccc12. The van der Waals surface area contributed by atoms with Crippen molar-refractivity contribution in [2.45, 2.75) is 19.3 Å². The van der Waals surface area contributed by atoms with Gasteiger partial charge < -0.3 is 10.7 Å². The molecule has 0 radical (unpaired) electrons. The van der Waals surface area contributed by atoms with E-state index in [4.69, 9.17) is 5.73 Å².